The second-order valence-electron chi connectivity index (χ2n) is 13.7. The molecule has 3 heterocycles. The van der Waals surface area contributed by atoms with Crippen molar-refractivity contribution in [2.24, 2.45) is 0 Å². The van der Waals surface area contributed by atoms with Crippen molar-refractivity contribution < 1.29 is 102 Å². The third kappa shape index (κ3) is 10.9. The zero-order valence-electron chi connectivity index (χ0n) is 31.9. The van der Waals surface area contributed by atoms with Crippen LogP contribution >= 0.6 is 0 Å². The van der Waals surface area contributed by atoms with E-state index in [2.05, 4.69) is 0 Å². The number of esters is 5. The van der Waals surface area contributed by atoms with Gasteiger partial charge in [-0.3, -0.25) is 14.4 Å². The van der Waals surface area contributed by atoms with Gasteiger partial charge >= 0.3 is 29.8 Å². The summed E-state index contributed by atoms with van der Waals surface area (Å²) < 4.78 is 56.7. The summed E-state index contributed by atoms with van der Waals surface area (Å²) in [4.78, 5) is 62.5. The van der Waals surface area contributed by atoms with E-state index in [-0.39, 0.29) is 11.1 Å². The first-order valence-corrected chi connectivity index (χ1v) is 18.3. The van der Waals surface area contributed by atoms with Crippen molar-refractivity contribution in [3.63, 3.8) is 0 Å². The molecule has 21 nitrogen and oxygen atoms in total. The Bertz CT molecular complexity index is 1740. The minimum atomic E-state index is -2.62. The first-order chi connectivity index (χ1) is 28.0. The van der Waals surface area contributed by atoms with Crippen LogP contribution in [0.1, 0.15) is 41.5 Å². The second kappa shape index (κ2) is 20.1. The maximum atomic E-state index is 13.4. The molecule has 21 heteroatoms. The summed E-state index contributed by atoms with van der Waals surface area (Å²) in [6.07, 6.45) is -24.6. The summed E-state index contributed by atoms with van der Waals surface area (Å²) >= 11 is 0. The van der Waals surface area contributed by atoms with Gasteiger partial charge in [-0.05, 0) is 24.3 Å². The van der Waals surface area contributed by atoms with E-state index in [9.17, 15) is 54.6 Å². The molecule has 0 saturated carbocycles. The van der Waals surface area contributed by atoms with E-state index in [4.69, 9.17) is 47.4 Å². The van der Waals surface area contributed by atoms with Crippen molar-refractivity contribution in [2.45, 2.75) is 106 Å². The van der Waals surface area contributed by atoms with Crippen LogP contribution in [0.2, 0.25) is 0 Å². The average Bonchev–Trinajstić information content (AvgIpc) is 3.47. The van der Waals surface area contributed by atoms with Crippen LogP contribution < -0.4 is 0 Å². The molecule has 2 aromatic carbocycles. The van der Waals surface area contributed by atoms with Gasteiger partial charge < -0.3 is 78.0 Å². The first-order valence-electron chi connectivity index (χ1n) is 18.3. The van der Waals surface area contributed by atoms with Gasteiger partial charge in [0.2, 0.25) is 5.79 Å². The molecule has 0 radical (unpaired) electrons. The Hall–Kier alpha value is -4.65. The van der Waals surface area contributed by atoms with E-state index >= 15 is 0 Å². The predicted molar refractivity (Wildman–Crippen MR) is 189 cm³/mol. The molecule has 59 heavy (non-hydrogen) atoms. The standard InChI is InChI=1S/C38H46O21/c1-18(40)50-15-24-26(43)28(45)29(46)36(53-24)56-32-30(47)31(55-34(48)21-10-6-4-7-11-21)25(16-51-19(2)41)54-37(32)59-38(17-52-20(3)42)33(27(44)23(14-39)58-38)57-35(49)22-12-8-5-9-13-22/h4-13,23-33,36-37,39,43-47H,14-17H2,1-3H3/t23-,24-,25-,26-,27-,28+,29-,30+,31-,32-,33+,36+,37-,38+/m1/s1. The van der Waals surface area contributed by atoms with E-state index in [1.165, 1.54) is 48.5 Å². The first kappa shape index (κ1) is 45.4. The van der Waals surface area contributed by atoms with Gasteiger partial charge in [0.15, 0.2) is 24.8 Å². The third-order valence-electron chi connectivity index (χ3n) is 9.42. The molecule has 14 atom stereocenters. The Balaban J connectivity index is 1.58. The normalized spacial score (nSPS) is 34.3. The Morgan fingerprint density at radius 1 is 0.593 bits per heavy atom. The molecule has 3 fully saturated rings. The minimum Gasteiger partial charge on any atom is -0.463 e. The number of carbonyl (C=O) groups excluding carboxylic acids is 5. The lowest BCUT2D eigenvalue weighted by molar-refractivity contribution is -0.407. The molecule has 0 bridgehead atoms. The maximum Gasteiger partial charge on any atom is 0.338 e. The smallest absolute Gasteiger partial charge is 0.338 e. The van der Waals surface area contributed by atoms with Gasteiger partial charge in [0.25, 0.3) is 0 Å². The minimum absolute atomic E-state index is 0.00362. The van der Waals surface area contributed by atoms with Gasteiger partial charge in [-0.25, -0.2) is 9.59 Å². The van der Waals surface area contributed by atoms with Crippen molar-refractivity contribution in [3.05, 3.63) is 71.8 Å². The highest BCUT2D eigenvalue weighted by Crippen LogP contribution is 2.40. The molecule has 3 saturated heterocycles. The number of hydrogen-bond donors (Lipinski definition) is 6. The molecule has 0 spiro atoms. The highest BCUT2D eigenvalue weighted by Gasteiger charge is 2.63. The van der Waals surface area contributed by atoms with Crippen molar-refractivity contribution >= 4 is 29.8 Å². The molecule has 3 aliphatic heterocycles. The molecule has 0 amide bonds. The van der Waals surface area contributed by atoms with E-state index in [0.717, 1.165) is 20.8 Å². The fraction of sp³-hybridized carbons (Fsp3) is 0.553. The van der Waals surface area contributed by atoms with Crippen LogP contribution in [0.15, 0.2) is 60.7 Å². The summed E-state index contributed by atoms with van der Waals surface area (Å²) in [7, 11) is 0. The molecule has 3 aliphatic rings. The van der Waals surface area contributed by atoms with Gasteiger partial charge in [-0.1, -0.05) is 36.4 Å². The van der Waals surface area contributed by atoms with Crippen LogP contribution in [-0.4, -0.2) is 172 Å². The zero-order valence-corrected chi connectivity index (χ0v) is 31.9. The Kier molecular flexibility index (Phi) is 15.5. The van der Waals surface area contributed by atoms with Gasteiger partial charge in [0.1, 0.15) is 74.8 Å². The van der Waals surface area contributed by atoms with Crippen LogP contribution in [0.5, 0.6) is 0 Å². The molecule has 324 valence electrons. The Morgan fingerprint density at radius 2 is 1.12 bits per heavy atom. The molecule has 0 aliphatic carbocycles. The van der Waals surface area contributed by atoms with Crippen molar-refractivity contribution in [1.82, 2.24) is 0 Å². The number of ether oxygens (including phenoxy) is 10. The number of carbonyl (C=O) groups is 5. The Morgan fingerprint density at radius 3 is 1.66 bits per heavy atom. The average molecular weight is 839 g/mol. The highest BCUT2D eigenvalue weighted by molar-refractivity contribution is 5.90. The maximum absolute atomic E-state index is 13.4. The lowest BCUT2D eigenvalue weighted by atomic mass is 9.96. The van der Waals surface area contributed by atoms with Crippen LogP contribution in [0, 0.1) is 0 Å². The fourth-order valence-corrected chi connectivity index (χ4v) is 6.45. The Labute approximate surface area is 336 Å². The molecule has 0 aromatic heterocycles. The van der Waals surface area contributed by atoms with Gasteiger partial charge in [-0.15, -0.1) is 0 Å². The van der Waals surface area contributed by atoms with Crippen LogP contribution in [-0.2, 0) is 61.8 Å². The highest BCUT2D eigenvalue weighted by atomic mass is 16.8. The summed E-state index contributed by atoms with van der Waals surface area (Å²) in [5.74, 6) is -7.18. The summed E-state index contributed by atoms with van der Waals surface area (Å²) in [5, 5.41) is 66.0. The van der Waals surface area contributed by atoms with E-state index in [1.54, 1.807) is 12.1 Å². The van der Waals surface area contributed by atoms with E-state index < -0.39 is 142 Å². The summed E-state index contributed by atoms with van der Waals surface area (Å²) in [6, 6.07) is 14.9. The van der Waals surface area contributed by atoms with Gasteiger partial charge in [0.05, 0.1) is 17.7 Å². The van der Waals surface area contributed by atoms with Crippen LogP contribution in [0.25, 0.3) is 0 Å². The second-order valence-corrected chi connectivity index (χ2v) is 13.7. The third-order valence-corrected chi connectivity index (χ3v) is 9.42. The molecule has 5 rings (SSSR count). The van der Waals surface area contributed by atoms with Gasteiger partial charge in [0, 0.05) is 20.8 Å². The van der Waals surface area contributed by atoms with E-state index in [0.29, 0.717) is 0 Å². The summed E-state index contributed by atoms with van der Waals surface area (Å²) in [5.41, 5.74) is 0.0149. The van der Waals surface area contributed by atoms with Gasteiger partial charge in [-0.2, -0.15) is 0 Å². The van der Waals surface area contributed by atoms with Crippen molar-refractivity contribution in [1.29, 1.82) is 0 Å². The predicted octanol–water partition coefficient (Wildman–Crippen LogP) is -2.13. The SMILES string of the molecule is CC(=O)OC[C@H]1O[C@@H](O[C@H]2[C@@H](O[C@]3(COC(C)=O)O[C@H](CO)[C@@H](O)[C@@H]3OC(=O)c3ccccc3)O[C@H](COC(C)=O)[C@@H](OC(=O)c3ccccc3)[C@@H]2O)[C@H](O)[C@@H](O)[C@@H]1O. The molecule has 0 unspecified atom stereocenters. The molecular weight excluding hydrogens is 792 g/mol. The number of rotatable bonds is 15. The largest absolute Gasteiger partial charge is 0.463 e. The number of aliphatic hydroxyl groups is 6. The quantitative estimate of drug-likeness (QED) is 0.0825. The molecule has 2 aromatic rings. The van der Waals surface area contributed by atoms with E-state index in [1.807, 2.05) is 0 Å². The van der Waals surface area contributed by atoms with Crippen molar-refractivity contribution in [3.8, 4) is 0 Å². The fourth-order valence-electron chi connectivity index (χ4n) is 6.45. The topological polar surface area (TPSA) is 299 Å². The number of benzene rings is 2. The zero-order chi connectivity index (χ0) is 43.0. The summed E-state index contributed by atoms with van der Waals surface area (Å²) in [6.45, 7) is -0.109. The molecular formula is C38H46O21. The lowest BCUT2D eigenvalue weighted by Gasteiger charge is -2.48. The van der Waals surface area contributed by atoms with Crippen LogP contribution in [0.3, 0.4) is 0 Å². The van der Waals surface area contributed by atoms with Crippen LogP contribution in [0.4, 0.5) is 0 Å². The number of hydrogen-bond acceptors (Lipinski definition) is 21. The number of aliphatic hydroxyl groups excluding tert-OH is 6. The monoisotopic (exact) mass is 838 g/mol. The lowest BCUT2D eigenvalue weighted by Crippen LogP contribution is -2.67. The molecule has 6 N–H and O–H groups in total. The van der Waals surface area contributed by atoms with Crippen molar-refractivity contribution in [2.75, 3.05) is 26.4 Å².